The number of hydrogen-bond donors (Lipinski definition) is 1. The molecule has 4 rings (SSSR count). The van der Waals surface area contributed by atoms with Crippen LogP contribution in [0.1, 0.15) is 16.7 Å². The van der Waals surface area contributed by atoms with Gasteiger partial charge in [0.25, 0.3) is 5.91 Å². The van der Waals surface area contributed by atoms with E-state index in [1.165, 1.54) is 31.4 Å². The minimum absolute atomic E-state index is 0.000958. The molecule has 0 saturated carbocycles. The van der Waals surface area contributed by atoms with Gasteiger partial charge in [0.1, 0.15) is 5.82 Å². The molecular formula is C20H14F4N6O. The number of aliphatic imine (C=N–C) groups is 1. The van der Waals surface area contributed by atoms with Crippen LogP contribution in [-0.4, -0.2) is 39.0 Å². The van der Waals surface area contributed by atoms with Crippen molar-refractivity contribution in [3.63, 3.8) is 0 Å². The number of hydrogen-bond acceptors (Lipinski definition) is 6. The number of halogens is 4. The Bertz CT molecular complexity index is 1200. The highest BCUT2D eigenvalue weighted by Gasteiger charge is 2.50. The van der Waals surface area contributed by atoms with E-state index >= 15 is 0 Å². The summed E-state index contributed by atoms with van der Waals surface area (Å²) in [5.74, 6) is -1.56. The second-order valence-electron chi connectivity index (χ2n) is 6.81. The normalized spacial score (nSPS) is 18.9. The first-order valence-corrected chi connectivity index (χ1v) is 8.89. The summed E-state index contributed by atoms with van der Waals surface area (Å²) in [6.45, 7) is 0. The summed E-state index contributed by atoms with van der Waals surface area (Å²) >= 11 is 0. The molecule has 1 amide bonds. The van der Waals surface area contributed by atoms with Crippen LogP contribution in [0.25, 0.3) is 11.3 Å². The lowest BCUT2D eigenvalue weighted by atomic mass is 9.82. The number of likely N-dealkylation sites (N-methyl/N-ethyl adjacent to an activating group) is 1. The van der Waals surface area contributed by atoms with Crippen LogP contribution in [0.15, 0.2) is 60.0 Å². The fourth-order valence-corrected chi connectivity index (χ4v) is 3.37. The van der Waals surface area contributed by atoms with E-state index < -0.39 is 29.0 Å². The smallest absolute Gasteiger partial charge is 0.369 e. The molecule has 1 aliphatic heterocycles. The predicted molar refractivity (Wildman–Crippen MR) is 102 cm³/mol. The Balaban J connectivity index is 1.99. The van der Waals surface area contributed by atoms with Crippen LogP contribution < -0.4 is 5.73 Å². The van der Waals surface area contributed by atoms with Crippen molar-refractivity contribution in [2.45, 2.75) is 11.7 Å². The van der Waals surface area contributed by atoms with Crippen LogP contribution >= 0.6 is 0 Å². The van der Waals surface area contributed by atoms with E-state index in [1.54, 1.807) is 6.07 Å². The predicted octanol–water partition coefficient (Wildman–Crippen LogP) is 2.73. The zero-order chi connectivity index (χ0) is 22.4. The van der Waals surface area contributed by atoms with Gasteiger partial charge in [0.05, 0.1) is 11.3 Å². The summed E-state index contributed by atoms with van der Waals surface area (Å²) in [4.78, 5) is 22.1. The lowest BCUT2D eigenvalue weighted by molar-refractivity contribution is -0.138. The van der Waals surface area contributed by atoms with Gasteiger partial charge in [-0.1, -0.05) is 6.07 Å². The fourth-order valence-electron chi connectivity index (χ4n) is 3.37. The van der Waals surface area contributed by atoms with E-state index in [0.717, 1.165) is 23.2 Å². The molecule has 11 heteroatoms. The summed E-state index contributed by atoms with van der Waals surface area (Å²) in [6.07, 6.45) is -1.54. The Morgan fingerprint density at radius 3 is 2.48 bits per heavy atom. The number of nitrogens with two attached hydrogens (primary N) is 1. The highest BCUT2D eigenvalue weighted by Crippen LogP contribution is 2.42. The Morgan fingerprint density at radius 1 is 1.10 bits per heavy atom. The Morgan fingerprint density at radius 2 is 1.87 bits per heavy atom. The third kappa shape index (κ3) is 3.27. The molecule has 1 aromatic carbocycles. The number of aromatic nitrogens is 3. The van der Waals surface area contributed by atoms with Crippen LogP contribution in [0.5, 0.6) is 0 Å². The standard InChI is InChI=1S/C20H14F4N6O/c1-30-17(31)19(28-18(30)25,12-7-13(10-26-9-12)20(22,23)24)11-4-5-15(21)14(8-11)16-3-2-6-27-29-16/h2-10H,1H3,(H2,25,28). The maximum absolute atomic E-state index is 14.6. The first-order chi connectivity index (χ1) is 14.6. The minimum atomic E-state index is -4.69. The SMILES string of the molecule is CN1C(=O)C(c2cncc(C(F)(F)F)c2)(c2ccc(F)c(-c3cccnn3)c2)N=C1N. The molecule has 3 heterocycles. The molecule has 0 bridgehead atoms. The van der Waals surface area contributed by atoms with E-state index in [9.17, 15) is 22.4 Å². The number of rotatable bonds is 3. The highest BCUT2D eigenvalue weighted by molar-refractivity contribution is 6.09. The fraction of sp³-hybridized carbons (Fsp3) is 0.150. The molecule has 1 unspecified atom stereocenters. The maximum atomic E-state index is 14.6. The number of pyridine rings is 1. The van der Waals surface area contributed by atoms with Crippen molar-refractivity contribution in [1.29, 1.82) is 0 Å². The monoisotopic (exact) mass is 430 g/mol. The van der Waals surface area contributed by atoms with Crippen molar-refractivity contribution < 1.29 is 22.4 Å². The van der Waals surface area contributed by atoms with E-state index in [4.69, 9.17) is 5.73 Å². The zero-order valence-electron chi connectivity index (χ0n) is 15.9. The first kappa shape index (κ1) is 20.4. The topological polar surface area (TPSA) is 97.4 Å². The molecule has 31 heavy (non-hydrogen) atoms. The average Bonchev–Trinajstić information content (AvgIpc) is 2.99. The van der Waals surface area contributed by atoms with Gasteiger partial charge in [-0.25, -0.2) is 9.38 Å². The molecule has 2 aromatic heterocycles. The minimum Gasteiger partial charge on any atom is -0.369 e. The second kappa shape index (κ2) is 7.11. The van der Waals surface area contributed by atoms with Gasteiger partial charge >= 0.3 is 6.18 Å². The van der Waals surface area contributed by atoms with Crippen LogP contribution in [0.3, 0.4) is 0 Å². The summed E-state index contributed by atoms with van der Waals surface area (Å²) in [7, 11) is 1.34. The largest absolute Gasteiger partial charge is 0.417 e. The summed E-state index contributed by atoms with van der Waals surface area (Å²) < 4.78 is 54.5. The van der Waals surface area contributed by atoms with Gasteiger partial charge in [0, 0.05) is 36.8 Å². The van der Waals surface area contributed by atoms with Crippen molar-refractivity contribution in [2.24, 2.45) is 10.7 Å². The molecular weight excluding hydrogens is 416 g/mol. The molecule has 2 N–H and O–H groups in total. The Hall–Kier alpha value is -3.89. The second-order valence-corrected chi connectivity index (χ2v) is 6.81. The van der Waals surface area contributed by atoms with Crippen molar-refractivity contribution in [3.05, 3.63) is 77.5 Å². The first-order valence-electron chi connectivity index (χ1n) is 8.89. The maximum Gasteiger partial charge on any atom is 0.417 e. The van der Waals surface area contributed by atoms with Gasteiger partial charge in [0.15, 0.2) is 11.5 Å². The number of carbonyl (C=O) groups is 1. The van der Waals surface area contributed by atoms with Gasteiger partial charge < -0.3 is 5.73 Å². The van der Waals surface area contributed by atoms with Gasteiger partial charge in [-0.2, -0.15) is 23.4 Å². The van der Waals surface area contributed by atoms with Gasteiger partial charge in [-0.05, 0) is 35.9 Å². The van der Waals surface area contributed by atoms with E-state index in [1.807, 2.05) is 0 Å². The molecule has 0 saturated heterocycles. The van der Waals surface area contributed by atoms with Crippen LogP contribution in [0, 0.1) is 5.82 Å². The lowest BCUT2D eigenvalue weighted by Crippen LogP contribution is -2.41. The molecule has 158 valence electrons. The number of benzene rings is 1. The third-order valence-electron chi connectivity index (χ3n) is 4.96. The van der Waals surface area contributed by atoms with Gasteiger partial charge in [0.2, 0.25) is 0 Å². The highest BCUT2D eigenvalue weighted by atomic mass is 19.4. The third-order valence-corrected chi connectivity index (χ3v) is 4.96. The zero-order valence-corrected chi connectivity index (χ0v) is 15.9. The quantitative estimate of drug-likeness (QED) is 0.645. The van der Waals surface area contributed by atoms with Crippen LogP contribution in [-0.2, 0) is 16.5 Å². The average molecular weight is 430 g/mol. The van der Waals surface area contributed by atoms with Gasteiger partial charge in [-0.3, -0.25) is 14.7 Å². The van der Waals surface area contributed by atoms with Crippen molar-refractivity contribution in [3.8, 4) is 11.3 Å². The lowest BCUT2D eigenvalue weighted by Gasteiger charge is -2.26. The van der Waals surface area contributed by atoms with Crippen molar-refractivity contribution in [1.82, 2.24) is 20.1 Å². The van der Waals surface area contributed by atoms with E-state index in [2.05, 4.69) is 20.2 Å². The molecule has 0 aliphatic carbocycles. The van der Waals surface area contributed by atoms with E-state index in [-0.39, 0.29) is 28.3 Å². The molecule has 0 spiro atoms. The van der Waals surface area contributed by atoms with Crippen molar-refractivity contribution >= 4 is 11.9 Å². The molecule has 0 fully saturated rings. The summed E-state index contributed by atoms with van der Waals surface area (Å²) in [6, 6.07) is 7.49. The number of guanidine groups is 1. The van der Waals surface area contributed by atoms with E-state index in [0.29, 0.717) is 6.20 Å². The molecule has 7 nitrogen and oxygen atoms in total. The Labute approximate surface area is 173 Å². The molecule has 0 radical (unpaired) electrons. The number of alkyl halides is 3. The number of amides is 1. The molecule has 3 aromatic rings. The molecule has 1 atom stereocenters. The van der Waals surface area contributed by atoms with Crippen LogP contribution in [0.4, 0.5) is 17.6 Å². The summed E-state index contributed by atoms with van der Waals surface area (Å²) in [5, 5.41) is 7.57. The number of carbonyl (C=O) groups excluding carboxylic acids is 1. The Kier molecular flexibility index (Phi) is 4.68. The van der Waals surface area contributed by atoms with Crippen LogP contribution in [0.2, 0.25) is 0 Å². The molecule has 1 aliphatic rings. The number of nitrogens with zero attached hydrogens (tertiary/aromatic N) is 5. The van der Waals surface area contributed by atoms with Gasteiger partial charge in [-0.15, -0.1) is 0 Å². The summed E-state index contributed by atoms with van der Waals surface area (Å²) in [5.41, 5.74) is 2.93. The van der Waals surface area contributed by atoms with Crippen molar-refractivity contribution in [2.75, 3.05) is 7.05 Å².